The molecule has 1 rings (SSSR count). The summed E-state index contributed by atoms with van der Waals surface area (Å²) in [5.41, 5.74) is -0.549. The molecular formula is C11H13FN2O4. The first-order valence-electron chi connectivity index (χ1n) is 5.25. The molecular weight excluding hydrogens is 243 g/mol. The topological polar surface area (TPSA) is 81.5 Å². The van der Waals surface area contributed by atoms with Gasteiger partial charge in [-0.3, -0.25) is 14.9 Å². The molecule has 0 heterocycles. The minimum atomic E-state index is -0.696. The van der Waals surface area contributed by atoms with Crippen LogP contribution in [0.4, 0.5) is 15.8 Å². The maximum atomic E-state index is 13.0. The number of carbonyl (C=O) groups excluding carboxylic acids is 1. The Morgan fingerprint density at radius 1 is 1.56 bits per heavy atom. The third kappa shape index (κ3) is 4.10. The molecule has 1 aromatic rings. The molecule has 0 atom stereocenters. The van der Waals surface area contributed by atoms with Crippen LogP contribution in [-0.2, 0) is 9.53 Å². The monoisotopic (exact) mass is 256 g/mol. The van der Waals surface area contributed by atoms with Gasteiger partial charge in [0.2, 0.25) is 0 Å². The summed E-state index contributed by atoms with van der Waals surface area (Å²) in [7, 11) is 0. The normalized spacial score (nSPS) is 10.4. The molecule has 0 radical (unpaired) electrons. The summed E-state index contributed by atoms with van der Waals surface area (Å²) >= 11 is 0. The molecule has 1 N–H and O–H groups in total. The Labute approximate surface area is 103 Å². The maximum Gasteiger partial charge on any atom is 0.292 e. The summed E-state index contributed by atoms with van der Waals surface area (Å²) in [6.45, 7) is 3.25. The molecule has 6 nitrogen and oxygen atoms in total. The van der Waals surface area contributed by atoms with E-state index in [4.69, 9.17) is 4.74 Å². The van der Waals surface area contributed by atoms with E-state index in [-0.39, 0.29) is 24.1 Å². The zero-order valence-corrected chi connectivity index (χ0v) is 9.97. The van der Waals surface area contributed by atoms with Crippen LogP contribution < -0.4 is 5.32 Å². The van der Waals surface area contributed by atoms with Crippen molar-refractivity contribution < 1.29 is 18.8 Å². The van der Waals surface area contributed by atoms with E-state index in [9.17, 15) is 19.3 Å². The molecule has 0 saturated heterocycles. The number of hydrogen-bond donors (Lipinski definition) is 1. The molecule has 1 aromatic carbocycles. The van der Waals surface area contributed by atoms with Crippen molar-refractivity contribution in [2.75, 3.05) is 11.9 Å². The van der Waals surface area contributed by atoms with E-state index in [0.29, 0.717) is 0 Å². The van der Waals surface area contributed by atoms with E-state index in [1.54, 1.807) is 13.8 Å². The zero-order chi connectivity index (χ0) is 13.7. The first kappa shape index (κ1) is 14.0. The molecule has 0 spiro atoms. The Morgan fingerprint density at radius 2 is 2.22 bits per heavy atom. The quantitative estimate of drug-likeness (QED) is 0.646. The minimum absolute atomic E-state index is 0.141. The number of ether oxygens (including phenoxy) is 1. The lowest BCUT2D eigenvalue weighted by molar-refractivity contribution is -0.384. The highest BCUT2D eigenvalue weighted by molar-refractivity contribution is 5.93. The highest BCUT2D eigenvalue weighted by Gasteiger charge is 2.16. The van der Waals surface area contributed by atoms with Crippen molar-refractivity contribution in [3.63, 3.8) is 0 Å². The van der Waals surface area contributed by atoms with Crippen molar-refractivity contribution in [1.82, 2.24) is 0 Å². The Balaban J connectivity index is 2.79. The number of halogens is 1. The number of rotatable bonds is 5. The van der Waals surface area contributed by atoms with Crippen molar-refractivity contribution in [3.05, 3.63) is 34.1 Å². The van der Waals surface area contributed by atoms with Crippen LogP contribution in [0.2, 0.25) is 0 Å². The lowest BCUT2D eigenvalue weighted by Gasteiger charge is -2.08. The first-order valence-corrected chi connectivity index (χ1v) is 5.25. The Bertz CT molecular complexity index is 462. The van der Waals surface area contributed by atoms with Gasteiger partial charge in [0.05, 0.1) is 11.0 Å². The minimum Gasteiger partial charge on any atom is -0.369 e. The summed E-state index contributed by atoms with van der Waals surface area (Å²) in [6, 6.07) is 2.85. The second-order valence-electron chi connectivity index (χ2n) is 3.83. The van der Waals surface area contributed by atoms with Gasteiger partial charge in [-0.1, -0.05) is 0 Å². The van der Waals surface area contributed by atoms with Crippen LogP contribution in [0.15, 0.2) is 18.2 Å². The van der Waals surface area contributed by atoms with E-state index in [2.05, 4.69) is 5.32 Å². The molecule has 0 bridgehead atoms. The number of nitro benzene ring substituents is 1. The lowest BCUT2D eigenvalue weighted by Crippen LogP contribution is -2.21. The smallest absolute Gasteiger partial charge is 0.292 e. The second-order valence-corrected chi connectivity index (χ2v) is 3.83. The van der Waals surface area contributed by atoms with Crippen LogP contribution in [0.1, 0.15) is 13.8 Å². The fourth-order valence-corrected chi connectivity index (χ4v) is 1.20. The van der Waals surface area contributed by atoms with Crippen molar-refractivity contribution in [1.29, 1.82) is 0 Å². The highest BCUT2D eigenvalue weighted by atomic mass is 19.1. The number of benzene rings is 1. The van der Waals surface area contributed by atoms with E-state index < -0.39 is 16.6 Å². The Kier molecular flexibility index (Phi) is 4.73. The fourth-order valence-electron chi connectivity index (χ4n) is 1.20. The van der Waals surface area contributed by atoms with E-state index in [1.165, 1.54) is 0 Å². The molecule has 7 heteroatoms. The molecule has 0 aliphatic rings. The van der Waals surface area contributed by atoms with Crippen LogP contribution in [0.25, 0.3) is 0 Å². The van der Waals surface area contributed by atoms with E-state index in [0.717, 1.165) is 18.2 Å². The third-order valence-corrected chi connectivity index (χ3v) is 1.98. The van der Waals surface area contributed by atoms with Crippen LogP contribution in [-0.4, -0.2) is 23.5 Å². The SMILES string of the molecule is CC(C)OCC(=O)Nc1cc(F)ccc1[N+](=O)[O-]. The van der Waals surface area contributed by atoms with E-state index in [1.807, 2.05) is 0 Å². The molecule has 0 unspecified atom stereocenters. The van der Waals surface area contributed by atoms with Gasteiger partial charge in [0.15, 0.2) is 0 Å². The van der Waals surface area contributed by atoms with Gasteiger partial charge in [0.25, 0.3) is 11.6 Å². The highest BCUT2D eigenvalue weighted by Crippen LogP contribution is 2.24. The molecule has 0 aliphatic heterocycles. The van der Waals surface area contributed by atoms with Gasteiger partial charge in [-0.05, 0) is 19.9 Å². The number of carbonyl (C=O) groups is 1. The maximum absolute atomic E-state index is 13.0. The van der Waals surface area contributed by atoms with Gasteiger partial charge in [-0.15, -0.1) is 0 Å². The lowest BCUT2D eigenvalue weighted by atomic mass is 10.2. The molecule has 18 heavy (non-hydrogen) atoms. The number of nitrogens with zero attached hydrogens (tertiary/aromatic N) is 1. The standard InChI is InChI=1S/C11H13FN2O4/c1-7(2)18-6-11(15)13-9-5-8(12)3-4-10(9)14(16)17/h3-5,7H,6H2,1-2H3,(H,13,15). The summed E-state index contributed by atoms with van der Waals surface area (Å²) in [4.78, 5) is 21.4. The largest absolute Gasteiger partial charge is 0.369 e. The van der Waals surface area contributed by atoms with Gasteiger partial charge < -0.3 is 10.1 Å². The first-order chi connectivity index (χ1) is 8.40. The fraction of sp³-hybridized carbons (Fsp3) is 0.364. The Morgan fingerprint density at radius 3 is 2.78 bits per heavy atom. The van der Waals surface area contributed by atoms with Crippen molar-refractivity contribution in [2.24, 2.45) is 0 Å². The second kappa shape index (κ2) is 6.06. The number of nitro groups is 1. The molecule has 1 amide bonds. The van der Waals surface area contributed by atoms with Crippen LogP contribution in [0, 0.1) is 15.9 Å². The van der Waals surface area contributed by atoms with Crippen LogP contribution in [0.3, 0.4) is 0 Å². The predicted octanol–water partition coefficient (Wildman–Crippen LogP) is 2.10. The van der Waals surface area contributed by atoms with Gasteiger partial charge in [-0.2, -0.15) is 0 Å². The average molecular weight is 256 g/mol. The number of nitrogens with one attached hydrogen (secondary N) is 1. The van der Waals surface area contributed by atoms with Crippen LogP contribution in [0.5, 0.6) is 0 Å². The van der Waals surface area contributed by atoms with Gasteiger partial charge in [-0.25, -0.2) is 4.39 Å². The van der Waals surface area contributed by atoms with Crippen molar-refractivity contribution >= 4 is 17.3 Å². The molecule has 0 aromatic heterocycles. The average Bonchev–Trinajstić information content (AvgIpc) is 2.26. The molecule has 0 aliphatic carbocycles. The summed E-state index contributed by atoms with van der Waals surface area (Å²) in [5, 5.41) is 12.9. The van der Waals surface area contributed by atoms with Gasteiger partial charge in [0, 0.05) is 12.1 Å². The molecule has 0 saturated carbocycles. The number of amides is 1. The predicted molar refractivity (Wildman–Crippen MR) is 62.8 cm³/mol. The Hall–Kier alpha value is -2.02. The zero-order valence-electron chi connectivity index (χ0n) is 9.97. The number of hydrogen-bond acceptors (Lipinski definition) is 4. The summed E-state index contributed by atoms with van der Waals surface area (Å²) in [6.07, 6.45) is -0.141. The summed E-state index contributed by atoms with van der Waals surface area (Å²) < 4.78 is 18.0. The summed E-state index contributed by atoms with van der Waals surface area (Å²) in [5.74, 6) is -1.24. The van der Waals surface area contributed by atoms with Gasteiger partial charge in [0.1, 0.15) is 18.1 Å². The van der Waals surface area contributed by atoms with E-state index >= 15 is 0 Å². The van der Waals surface area contributed by atoms with Gasteiger partial charge >= 0.3 is 0 Å². The van der Waals surface area contributed by atoms with Crippen molar-refractivity contribution in [3.8, 4) is 0 Å². The molecule has 98 valence electrons. The molecule has 0 fully saturated rings. The van der Waals surface area contributed by atoms with Crippen molar-refractivity contribution in [2.45, 2.75) is 20.0 Å². The van der Waals surface area contributed by atoms with Crippen LogP contribution >= 0.6 is 0 Å². The number of anilines is 1. The third-order valence-electron chi connectivity index (χ3n) is 1.98.